The lowest BCUT2D eigenvalue weighted by Crippen LogP contribution is -2.26. The lowest BCUT2D eigenvalue weighted by molar-refractivity contribution is -0.146. The number of nitrogens with one attached hydrogen (secondary N) is 1. The second-order valence-electron chi connectivity index (χ2n) is 4.81. The first-order chi connectivity index (χ1) is 12.8. The number of halogens is 1. The number of anilines is 1. The summed E-state index contributed by atoms with van der Waals surface area (Å²) in [6.07, 6.45) is 1.15. The van der Waals surface area contributed by atoms with Crippen LogP contribution in [0.25, 0.3) is 0 Å². The van der Waals surface area contributed by atoms with E-state index in [0.717, 1.165) is 6.20 Å². The van der Waals surface area contributed by atoms with Gasteiger partial charge in [-0.15, -0.1) is 0 Å². The Morgan fingerprint density at radius 2 is 1.74 bits per heavy atom. The Morgan fingerprint density at radius 1 is 1.15 bits per heavy atom. The van der Waals surface area contributed by atoms with E-state index in [-0.39, 0.29) is 36.4 Å². The van der Waals surface area contributed by atoms with E-state index in [1.165, 1.54) is 6.07 Å². The molecule has 0 aliphatic heterocycles. The molecule has 0 radical (unpaired) electrons. The van der Waals surface area contributed by atoms with Gasteiger partial charge < -0.3 is 32.0 Å². The van der Waals surface area contributed by atoms with Crippen LogP contribution in [0.4, 0.5) is 11.4 Å². The van der Waals surface area contributed by atoms with Gasteiger partial charge in [0.05, 0.1) is 24.6 Å². The number of rotatable bonds is 7. The Kier molecular flexibility index (Phi) is 8.60. The smallest absolute Gasteiger partial charge is 0.347 e. The average Bonchev–Trinajstić information content (AvgIpc) is 2.56. The van der Waals surface area contributed by atoms with Crippen molar-refractivity contribution >= 4 is 46.8 Å². The second-order valence-corrected chi connectivity index (χ2v) is 5.25. The minimum absolute atomic E-state index is 0.0983. The van der Waals surface area contributed by atoms with Gasteiger partial charge in [0.1, 0.15) is 0 Å². The number of nitrogens with zero attached hydrogens (tertiary/aromatic N) is 2. The summed E-state index contributed by atoms with van der Waals surface area (Å²) in [4.78, 5) is 31.6. The van der Waals surface area contributed by atoms with Gasteiger partial charge in [0, 0.05) is 11.2 Å². The van der Waals surface area contributed by atoms with Gasteiger partial charge in [-0.2, -0.15) is 4.99 Å². The zero-order valence-corrected chi connectivity index (χ0v) is 15.6. The highest BCUT2D eigenvalue weighted by Crippen LogP contribution is 2.29. The van der Waals surface area contributed by atoms with Crippen molar-refractivity contribution in [2.45, 2.75) is 13.8 Å². The first-order valence-electron chi connectivity index (χ1n) is 7.82. The van der Waals surface area contributed by atoms with Crippen LogP contribution in [0, 0.1) is 0 Å². The standard InChI is InChI=1S/C16H21ClN6O4/c1-3-26-13(24)10(14(25)27-4-2)8-21-11-6-5-9(17)7-12(11)22-16(20)23-15(18)19/h5-8,21H,3-4H2,1-2H3,(H6,18,19,20,22,23). The maximum atomic E-state index is 12.0. The first-order valence-corrected chi connectivity index (χ1v) is 8.20. The molecule has 0 bridgehead atoms. The molecule has 0 heterocycles. The summed E-state index contributed by atoms with van der Waals surface area (Å²) in [7, 11) is 0. The van der Waals surface area contributed by atoms with Crippen LogP contribution in [-0.2, 0) is 19.1 Å². The summed E-state index contributed by atoms with van der Waals surface area (Å²) >= 11 is 5.97. The number of hydrogen-bond acceptors (Lipinski definition) is 6. The van der Waals surface area contributed by atoms with Crippen LogP contribution < -0.4 is 22.5 Å². The van der Waals surface area contributed by atoms with E-state index in [0.29, 0.717) is 10.7 Å². The Bertz CT molecular complexity index is 767. The van der Waals surface area contributed by atoms with Crippen LogP contribution in [0.2, 0.25) is 5.02 Å². The predicted octanol–water partition coefficient (Wildman–Crippen LogP) is 0.982. The number of hydrogen-bond donors (Lipinski definition) is 4. The number of aliphatic imine (C=N–C) groups is 2. The van der Waals surface area contributed by atoms with Crippen LogP contribution in [0.5, 0.6) is 0 Å². The Morgan fingerprint density at radius 3 is 2.26 bits per heavy atom. The number of carbonyl (C=O) groups excluding carboxylic acids is 2. The molecule has 7 N–H and O–H groups in total. The number of esters is 2. The fourth-order valence-corrected chi connectivity index (χ4v) is 1.94. The zero-order chi connectivity index (χ0) is 20.4. The third-order valence-electron chi connectivity index (χ3n) is 2.80. The van der Waals surface area contributed by atoms with Gasteiger partial charge in [0.25, 0.3) is 0 Å². The summed E-state index contributed by atoms with van der Waals surface area (Å²) in [6.45, 7) is 3.43. The summed E-state index contributed by atoms with van der Waals surface area (Å²) in [6, 6.07) is 4.62. The van der Waals surface area contributed by atoms with Gasteiger partial charge in [0.2, 0.25) is 5.96 Å². The second kappa shape index (κ2) is 10.7. The molecule has 146 valence electrons. The van der Waals surface area contributed by atoms with E-state index in [2.05, 4.69) is 15.3 Å². The number of benzene rings is 1. The Labute approximate surface area is 161 Å². The van der Waals surface area contributed by atoms with Crippen LogP contribution in [0.15, 0.2) is 40.0 Å². The molecule has 1 rings (SSSR count). The fourth-order valence-electron chi connectivity index (χ4n) is 1.77. The maximum Gasteiger partial charge on any atom is 0.347 e. The van der Waals surface area contributed by atoms with Crippen molar-refractivity contribution in [3.8, 4) is 0 Å². The fraction of sp³-hybridized carbons (Fsp3) is 0.250. The molecule has 0 aliphatic rings. The van der Waals surface area contributed by atoms with Crippen molar-refractivity contribution in [3.63, 3.8) is 0 Å². The quantitative estimate of drug-likeness (QED) is 0.132. The predicted molar refractivity (Wildman–Crippen MR) is 104 cm³/mol. The molecule has 0 saturated heterocycles. The number of carbonyl (C=O) groups is 2. The molecule has 0 saturated carbocycles. The van der Waals surface area contributed by atoms with Crippen molar-refractivity contribution in [3.05, 3.63) is 35.0 Å². The molecule has 0 unspecified atom stereocenters. The van der Waals surface area contributed by atoms with Gasteiger partial charge in [-0.25, -0.2) is 14.6 Å². The molecule has 1 aromatic carbocycles. The molecule has 0 spiro atoms. The average molecular weight is 397 g/mol. The molecule has 0 aromatic heterocycles. The van der Waals surface area contributed by atoms with Crippen LogP contribution in [0.1, 0.15) is 13.8 Å². The van der Waals surface area contributed by atoms with Crippen molar-refractivity contribution in [2.24, 2.45) is 27.2 Å². The minimum Gasteiger partial charge on any atom is -0.462 e. The van der Waals surface area contributed by atoms with E-state index in [1.807, 2.05) is 0 Å². The Hall–Kier alpha value is -3.27. The van der Waals surface area contributed by atoms with Gasteiger partial charge in [-0.05, 0) is 32.0 Å². The molecule has 27 heavy (non-hydrogen) atoms. The molecule has 10 nitrogen and oxygen atoms in total. The molecule has 0 amide bonds. The van der Waals surface area contributed by atoms with E-state index >= 15 is 0 Å². The van der Waals surface area contributed by atoms with E-state index in [4.69, 9.17) is 38.3 Å². The highest BCUT2D eigenvalue weighted by molar-refractivity contribution is 6.31. The molecule has 11 heteroatoms. The van der Waals surface area contributed by atoms with Crippen molar-refractivity contribution < 1.29 is 19.1 Å². The van der Waals surface area contributed by atoms with Crippen molar-refractivity contribution in [2.75, 3.05) is 18.5 Å². The summed E-state index contributed by atoms with van der Waals surface area (Å²) < 4.78 is 9.71. The third kappa shape index (κ3) is 7.24. The van der Waals surface area contributed by atoms with Gasteiger partial charge in [0.15, 0.2) is 11.5 Å². The van der Waals surface area contributed by atoms with Gasteiger partial charge in [-0.3, -0.25) is 0 Å². The molecule has 0 atom stereocenters. The van der Waals surface area contributed by atoms with E-state index < -0.39 is 11.9 Å². The van der Waals surface area contributed by atoms with Crippen LogP contribution >= 0.6 is 11.6 Å². The normalized spacial score (nSPS) is 10.6. The van der Waals surface area contributed by atoms with Crippen LogP contribution in [0.3, 0.4) is 0 Å². The van der Waals surface area contributed by atoms with Crippen LogP contribution in [-0.4, -0.2) is 37.1 Å². The number of guanidine groups is 2. The monoisotopic (exact) mass is 396 g/mol. The molecule has 0 fully saturated rings. The lowest BCUT2D eigenvalue weighted by Gasteiger charge is -2.09. The topological polar surface area (TPSA) is 167 Å². The van der Waals surface area contributed by atoms with Crippen molar-refractivity contribution in [1.82, 2.24) is 0 Å². The van der Waals surface area contributed by atoms with Gasteiger partial charge in [-0.1, -0.05) is 11.6 Å². The maximum absolute atomic E-state index is 12.0. The SMILES string of the molecule is CCOC(=O)C(=CNc1ccc(Cl)cc1N=C(N)N=C(N)N)C(=O)OCC. The number of nitrogens with two attached hydrogens (primary N) is 3. The van der Waals surface area contributed by atoms with E-state index in [9.17, 15) is 9.59 Å². The molecular weight excluding hydrogens is 376 g/mol. The summed E-state index contributed by atoms with van der Waals surface area (Å²) in [5.74, 6) is -2.13. The first kappa shape index (κ1) is 21.8. The molecule has 1 aromatic rings. The minimum atomic E-state index is -0.831. The highest BCUT2D eigenvalue weighted by Gasteiger charge is 2.21. The van der Waals surface area contributed by atoms with Crippen molar-refractivity contribution in [1.29, 1.82) is 0 Å². The molecular formula is C16H21ClN6O4. The van der Waals surface area contributed by atoms with E-state index in [1.54, 1.807) is 26.0 Å². The highest BCUT2D eigenvalue weighted by atomic mass is 35.5. The number of ether oxygens (including phenoxy) is 2. The third-order valence-corrected chi connectivity index (χ3v) is 3.04. The largest absolute Gasteiger partial charge is 0.462 e. The summed E-state index contributed by atoms with van der Waals surface area (Å²) in [5.41, 5.74) is 16.5. The summed E-state index contributed by atoms with van der Waals surface area (Å²) in [5, 5.41) is 3.15. The Balaban J connectivity index is 3.24. The lowest BCUT2D eigenvalue weighted by atomic mass is 10.2. The zero-order valence-electron chi connectivity index (χ0n) is 14.9. The molecule has 0 aliphatic carbocycles. The van der Waals surface area contributed by atoms with Gasteiger partial charge >= 0.3 is 11.9 Å².